The average molecular weight is 1110 g/mol. The van der Waals surface area contributed by atoms with E-state index in [2.05, 4.69) is 42.6 Å². The number of benzene rings is 2. The van der Waals surface area contributed by atoms with E-state index in [0.29, 0.717) is 75.0 Å². The van der Waals surface area contributed by atoms with Gasteiger partial charge in [0.2, 0.25) is 11.8 Å². The molecule has 4 aromatic heterocycles. The molecule has 0 atom stereocenters. The van der Waals surface area contributed by atoms with Crippen molar-refractivity contribution in [3.63, 3.8) is 0 Å². The molecule has 0 radical (unpaired) electrons. The van der Waals surface area contributed by atoms with Crippen LogP contribution in [0.5, 0.6) is 11.5 Å². The van der Waals surface area contributed by atoms with Crippen LogP contribution in [0.4, 0.5) is 11.4 Å². The first kappa shape index (κ1) is 53.4. The molecule has 2 aliphatic rings. The number of carbonyl (C=O) groups excluding carboxylic acids is 2. The van der Waals surface area contributed by atoms with Crippen LogP contribution in [0.15, 0.2) is 69.5 Å². The maximum Gasteiger partial charge on any atom is 0.526 e. The largest absolute Gasteiger partial charge is 0.526 e. The van der Waals surface area contributed by atoms with Gasteiger partial charge in [-0.1, -0.05) is 53.8 Å². The molecule has 0 aliphatic carbocycles. The van der Waals surface area contributed by atoms with Gasteiger partial charge < -0.3 is 48.0 Å². The van der Waals surface area contributed by atoms with Crippen molar-refractivity contribution in [2.45, 2.75) is 48.2 Å². The molecule has 0 bridgehead atoms. The third-order valence-electron chi connectivity index (χ3n) is 11.1. The second kappa shape index (κ2) is 24.1. The number of furan rings is 2. The predicted octanol–water partition coefficient (Wildman–Crippen LogP) is 7.79. The number of hydrogen-bond donors (Lipinski definition) is 2. The summed E-state index contributed by atoms with van der Waals surface area (Å²) >= 11 is 26.9. The monoisotopic (exact) mass is 1110 g/mol. The SMILES string of the molecule is C.COc1cc(N2CCN(C(=O)Cn3nc(-c4ccc(C)o4)c(Cl)c3C)CC2)ccc1Cl.COc1cc(N2CCN(C(=O)Cn3nc(I)c(Cl)c3C)CC2)ccc1Cl.Cc1ccc(B(O)O)o1. The van der Waals surface area contributed by atoms with Crippen molar-refractivity contribution in [2.75, 3.05) is 76.4 Å². The number of halogens is 5. The molecule has 2 aliphatic heterocycles. The van der Waals surface area contributed by atoms with Crippen LogP contribution in [-0.2, 0) is 22.7 Å². The summed E-state index contributed by atoms with van der Waals surface area (Å²) in [5, 5.41) is 28.1. The Kier molecular flexibility index (Phi) is 19.2. The molecule has 6 heterocycles. The van der Waals surface area contributed by atoms with Crippen LogP contribution < -0.4 is 24.9 Å². The highest BCUT2D eigenvalue weighted by molar-refractivity contribution is 14.1. The number of ether oxygens (including phenoxy) is 2. The number of aromatic nitrogens is 4. The summed E-state index contributed by atoms with van der Waals surface area (Å²) in [5.74, 6) is 3.43. The van der Waals surface area contributed by atoms with Gasteiger partial charge in [-0.2, -0.15) is 10.2 Å². The van der Waals surface area contributed by atoms with E-state index in [-0.39, 0.29) is 38.0 Å². The summed E-state index contributed by atoms with van der Waals surface area (Å²) in [7, 11) is 1.72. The fourth-order valence-corrected chi connectivity index (χ4v) is 8.61. The fraction of sp³-hybridized carbons (Fsp3) is 0.378. The molecule has 0 saturated carbocycles. The van der Waals surface area contributed by atoms with Gasteiger partial charge in [0, 0.05) is 75.9 Å². The number of aryl methyl sites for hydroxylation is 2. The van der Waals surface area contributed by atoms with Gasteiger partial charge in [-0.05, 0) is 98.8 Å². The number of methoxy groups -OCH3 is 2. The third kappa shape index (κ3) is 13.4. The molecule has 6 aromatic rings. The van der Waals surface area contributed by atoms with Crippen LogP contribution in [0, 0.1) is 31.4 Å². The minimum absolute atomic E-state index is 0. The number of rotatable bonds is 10. The molecule has 2 aromatic carbocycles. The summed E-state index contributed by atoms with van der Waals surface area (Å²) in [6.07, 6.45) is 0. The maximum absolute atomic E-state index is 12.9. The lowest BCUT2D eigenvalue weighted by atomic mass is 9.88. The molecular formula is C45H54BCl4IN8O8. The standard InChI is InChI=1S/C22H24Cl2N4O3.C17H19Cl2IN4O2.C5H7BO3.CH4/c1-14-4-7-18(31-14)22-21(24)15(2)28(25-22)13-20(29)27-10-8-26(9-11-27)16-5-6-17(23)19(12-16)30-3;1-11-16(19)17(20)21-24(11)10-15(25)23-7-5-22(6-8-23)12-3-4-13(18)14(9-12)26-2;1-4-2-3-5(9-4)6(7)8;/h4-7,12H,8-11,13H2,1-3H3;3-4,9H,5-8,10H2,1-2H3;2-3,7-8H,1H3;1H4. The highest BCUT2D eigenvalue weighted by Crippen LogP contribution is 2.33. The molecule has 8 rings (SSSR count). The van der Waals surface area contributed by atoms with Crippen molar-refractivity contribution in [1.82, 2.24) is 29.4 Å². The van der Waals surface area contributed by atoms with Gasteiger partial charge in [0.25, 0.3) is 0 Å². The molecule has 0 unspecified atom stereocenters. The third-order valence-corrected chi connectivity index (χ3v) is 13.7. The quantitative estimate of drug-likeness (QED) is 0.101. The molecule has 16 nitrogen and oxygen atoms in total. The molecule has 2 fully saturated rings. The summed E-state index contributed by atoms with van der Waals surface area (Å²) in [6, 6.07) is 18.4. The summed E-state index contributed by atoms with van der Waals surface area (Å²) < 4.78 is 25.1. The normalized spacial score (nSPS) is 13.6. The van der Waals surface area contributed by atoms with Crippen molar-refractivity contribution in [3.05, 3.63) is 107 Å². The maximum atomic E-state index is 12.9. The lowest BCUT2D eigenvalue weighted by Gasteiger charge is -2.36. The summed E-state index contributed by atoms with van der Waals surface area (Å²) in [5.41, 5.74) is 4.38. The number of anilines is 2. The Balaban J connectivity index is 0.000000211. The summed E-state index contributed by atoms with van der Waals surface area (Å²) in [6.45, 7) is 13.2. The van der Waals surface area contributed by atoms with Gasteiger partial charge in [0.05, 0.1) is 51.5 Å². The van der Waals surface area contributed by atoms with E-state index in [1.165, 1.54) is 6.07 Å². The average Bonchev–Trinajstić information content (AvgIpc) is 4.08. The molecule has 0 spiro atoms. The lowest BCUT2D eigenvalue weighted by Crippen LogP contribution is -2.49. The Morgan fingerprint density at radius 3 is 1.48 bits per heavy atom. The number of carbonyl (C=O) groups is 2. The zero-order valence-electron chi connectivity index (χ0n) is 37.2. The molecule has 2 amide bonds. The van der Waals surface area contributed by atoms with E-state index < -0.39 is 7.12 Å². The van der Waals surface area contributed by atoms with Gasteiger partial charge in [-0.15, -0.1) is 0 Å². The van der Waals surface area contributed by atoms with Crippen LogP contribution in [-0.4, -0.2) is 125 Å². The van der Waals surface area contributed by atoms with Crippen LogP contribution in [0.25, 0.3) is 11.5 Å². The van der Waals surface area contributed by atoms with Crippen molar-refractivity contribution in [1.29, 1.82) is 0 Å². The van der Waals surface area contributed by atoms with Gasteiger partial charge >= 0.3 is 7.12 Å². The van der Waals surface area contributed by atoms with E-state index >= 15 is 0 Å². The highest BCUT2D eigenvalue weighted by atomic mass is 127. The van der Waals surface area contributed by atoms with Crippen molar-refractivity contribution in [2.24, 2.45) is 0 Å². The van der Waals surface area contributed by atoms with Gasteiger partial charge in [0.15, 0.2) is 5.76 Å². The van der Waals surface area contributed by atoms with Gasteiger partial charge in [-0.3, -0.25) is 19.0 Å². The topological polar surface area (TPSA) is 168 Å². The van der Waals surface area contributed by atoms with E-state index in [1.54, 1.807) is 36.6 Å². The molecule has 67 heavy (non-hydrogen) atoms. The molecule has 22 heteroatoms. The first-order valence-electron chi connectivity index (χ1n) is 20.8. The van der Waals surface area contributed by atoms with Crippen molar-refractivity contribution >= 4 is 105 Å². The van der Waals surface area contributed by atoms with Gasteiger partial charge in [-0.25, -0.2) is 0 Å². The zero-order valence-corrected chi connectivity index (χ0v) is 42.4. The van der Waals surface area contributed by atoms with Crippen LogP contribution in [0.2, 0.25) is 20.1 Å². The van der Waals surface area contributed by atoms with E-state index in [4.69, 9.17) is 74.8 Å². The van der Waals surface area contributed by atoms with E-state index in [9.17, 15) is 9.59 Å². The van der Waals surface area contributed by atoms with Crippen LogP contribution in [0.3, 0.4) is 0 Å². The minimum atomic E-state index is -1.49. The smallest absolute Gasteiger partial charge is 0.495 e. The number of hydrogen-bond acceptors (Lipinski definition) is 12. The Morgan fingerprint density at radius 2 is 1.10 bits per heavy atom. The zero-order chi connectivity index (χ0) is 47.8. The van der Waals surface area contributed by atoms with E-state index in [1.807, 2.05) is 79.1 Å². The van der Waals surface area contributed by atoms with E-state index in [0.717, 1.165) is 58.4 Å². The minimum Gasteiger partial charge on any atom is -0.495 e. The van der Waals surface area contributed by atoms with Crippen LogP contribution >= 0.6 is 69.0 Å². The lowest BCUT2D eigenvalue weighted by molar-refractivity contribution is -0.133. The molecule has 360 valence electrons. The highest BCUT2D eigenvalue weighted by Gasteiger charge is 2.26. The molecule has 2 saturated heterocycles. The Hall–Kier alpha value is -4.57. The second-order valence-electron chi connectivity index (χ2n) is 15.4. The van der Waals surface area contributed by atoms with Crippen molar-refractivity contribution in [3.8, 4) is 23.0 Å². The molecular weight excluding hydrogens is 1060 g/mol. The first-order chi connectivity index (χ1) is 31.5. The fourth-order valence-electron chi connectivity index (χ4n) is 7.21. The second-order valence-corrected chi connectivity index (χ2v) is 18.0. The molecule has 2 N–H and O–H groups in total. The Bertz CT molecular complexity index is 2620. The van der Waals surface area contributed by atoms with Crippen molar-refractivity contribution < 1.29 is 37.9 Å². The number of nitrogens with zero attached hydrogens (tertiary/aromatic N) is 8. The van der Waals surface area contributed by atoms with Crippen LogP contribution in [0.1, 0.15) is 30.3 Å². The Morgan fingerprint density at radius 1 is 0.657 bits per heavy atom. The van der Waals surface area contributed by atoms with Gasteiger partial charge in [0.1, 0.15) is 45.4 Å². The first-order valence-corrected chi connectivity index (χ1v) is 23.4. The summed E-state index contributed by atoms with van der Waals surface area (Å²) in [4.78, 5) is 33.7. The predicted molar refractivity (Wildman–Crippen MR) is 273 cm³/mol. The number of piperazine rings is 2. The number of amides is 2. The Labute approximate surface area is 424 Å².